The van der Waals surface area contributed by atoms with E-state index in [0.717, 1.165) is 29.0 Å². The highest BCUT2D eigenvalue weighted by molar-refractivity contribution is 8.14. The van der Waals surface area contributed by atoms with Gasteiger partial charge in [-0.3, -0.25) is 14.5 Å². The highest BCUT2D eigenvalue weighted by Crippen LogP contribution is 2.36. The molecule has 0 saturated heterocycles. The third-order valence-electron chi connectivity index (χ3n) is 6.44. The summed E-state index contributed by atoms with van der Waals surface area (Å²) in [6, 6.07) is 20.5. The quantitative estimate of drug-likeness (QED) is 0.364. The standard InChI is InChI=1S/C29H26ClN3O4S/c1-18-14-20-6-4-5-7-25(20)32(18)27(34)17-38-29-31-24(15-19-8-11-22(36-2)12-9-19)28(35)33(29)21-10-13-23(30)26(16-21)37-3/h4-13,15-16,18H,14,17H2,1-3H3/b24-15-. The number of ether oxygens (including phenoxy) is 2. The number of carbonyl (C=O) groups is 2. The molecule has 38 heavy (non-hydrogen) atoms. The fourth-order valence-corrected chi connectivity index (χ4v) is 5.67. The van der Waals surface area contributed by atoms with Crippen LogP contribution in [0.15, 0.2) is 77.4 Å². The first kappa shape index (κ1) is 25.9. The average molecular weight is 548 g/mol. The van der Waals surface area contributed by atoms with Gasteiger partial charge in [-0.1, -0.05) is 53.7 Å². The highest BCUT2D eigenvalue weighted by atomic mass is 35.5. The molecule has 1 atom stereocenters. The molecular weight excluding hydrogens is 522 g/mol. The topological polar surface area (TPSA) is 71.4 Å². The number of amides is 2. The molecule has 5 rings (SSSR count). The van der Waals surface area contributed by atoms with Crippen molar-refractivity contribution in [2.45, 2.75) is 19.4 Å². The summed E-state index contributed by atoms with van der Waals surface area (Å²) in [6.07, 6.45) is 2.54. The van der Waals surface area contributed by atoms with Gasteiger partial charge in [0.2, 0.25) is 5.91 Å². The van der Waals surface area contributed by atoms with Gasteiger partial charge in [0.1, 0.15) is 17.2 Å². The Morgan fingerprint density at radius 3 is 2.61 bits per heavy atom. The molecule has 0 aromatic heterocycles. The van der Waals surface area contributed by atoms with Crippen LogP contribution < -0.4 is 19.3 Å². The van der Waals surface area contributed by atoms with Crippen LogP contribution in [0.25, 0.3) is 6.08 Å². The van der Waals surface area contributed by atoms with Crippen LogP contribution in [0.5, 0.6) is 11.5 Å². The molecule has 0 saturated carbocycles. The van der Waals surface area contributed by atoms with Gasteiger partial charge in [-0.2, -0.15) is 0 Å². The number of methoxy groups -OCH3 is 2. The Hall–Kier alpha value is -3.75. The lowest BCUT2D eigenvalue weighted by Crippen LogP contribution is -2.38. The predicted molar refractivity (Wildman–Crippen MR) is 153 cm³/mol. The fraction of sp³-hybridized carbons (Fsp3) is 0.207. The summed E-state index contributed by atoms with van der Waals surface area (Å²) in [6.45, 7) is 2.04. The molecule has 3 aromatic carbocycles. The van der Waals surface area contributed by atoms with Gasteiger partial charge in [0.05, 0.1) is 30.7 Å². The molecule has 7 nitrogen and oxygen atoms in total. The Morgan fingerprint density at radius 1 is 1.11 bits per heavy atom. The zero-order valence-corrected chi connectivity index (χ0v) is 22.8. The van der Waals surface area contributed by atoms with E-state index in [1.54, 1.807) is 31.4 Å². The van der Waals surface area contributed by atoms with Crippen LogP contribution in [0.4, 0.5) is 11.4 Å². The van der Waals surface area contributed by atoms with Crippen LogP contribution in [-0.4, -0.2) is 43.0 Å². The molecule has 0 bridgehead atoms. The van der Waals surface area contributed by atoms with Crippen molar-refractivity contribution in [3.63, 3.8) is 0 Å². The molecule has 2 aliphatic rings. The number of para-hydroxylation sites is 1. The maximum atomic E-state index is 13.6. The summed E-state index contributed by atoms with van der Waals surface area (Å²) < 4.78 is 10.6. The molecule has 3 aromatic rings. The number of thioether (sulfide) groups is 1. The largest absolute Gasteiger partial charge is 0.497 e. The van der Waals surface area contributed by atoms with Crippen LogP contribution >= 0.6 is 23.4 Å². The maximum Gasteiger partial charge on any atom is 0.283 e. The minimum absolute atomic E-state index is 0.0381. The highest BCUT2D eigenvalue weighted by Gasteiger charge is 2.35. The summed E-state index contributed by atoms with van der Waals surface area (Å²) in [5.74, 6) is 0.939. The van der Waals surface area contributed by atoms with E-state index in [1.165, 1.54) is 23.8 Å². The molecule has 2 heterocycles. The second kappa shape index (κ2) is 10.9. The third-order valence-corrected chi connectivity index (χ3v) is 7.68. The summed E-state index contributed by atoms with van der Waals surface area (Å²) in [7, 11) is 3.12. The van der Waals surface area contributed by atoms with Crippen LogP contribution in [0.2, 0.25) is 5.02 Å². The Balaban J connectivity index is 1.44. The van der Waals surface area contributed by atoms with Crippen LogP contribution in [-0.2, 0) is 16.0 Å². The van der Waals surface area contributed by atoms with Gasteiger partial charge in [-0.25, -0.2) is 4.99 Å². The first-order valence-corrected chi connectivity index (χ1v) is 13.4. The molecule has 0 radical (unpaired) electrons. The molecule has 0 aliphatic carbocycles. The second-order valence-corrected chi connectivity index (χ2v) is 10.2. The molecule has 2 amide bonds. The lowest BCUT2D eigenvalue weighted by molar-refractivity contribution is -0.116. The Morgan fingerprint density at radius 2 is 1.87 bits per heavy atom. The number of aliphatic imine (C=N–C) groups is 1. The first-order chi connectivity index (χ1) is 18.4. The Bertz CT molecular complexity index is 1450. The van der Waals surface area contributed by atoms with E-state index in [0.29, 0.717) is 21.6 Å². The smallest absolute Gasteiger partial charge is 0.283 e. The van der Waals surface area contributed by atoms with Gasteiger partial charge in [-0.05, 0) is 60.9 Å². The van der Waals surface area contributed by atoms with E-state index in [4.69, 9.17) is 21.1 Å². The van der Waals surface area contributed by atoms with Crippen molar-refractivity contribution in [1.82, 2.24) is 0 Å². The number of fused-ring (bicyclic) bond motifs is 1. The van der Waals surface area contributed by atoms with Crippen LogP contribution in [0, 0.1) is 0 Å². The maximum absolute atomic E-state index is 13.6. The zero-order valence-electron chi connectivity index (χ0n) is 21.2. The lowest BCUT2D eigenvalue weighted by Gasteiger charge is -2.23. The summed E-state index contributed by atoms with van der Waals surface area (Å²) in [5, 5.41) is 0.840. The normalized spacial score (nSPS) is 17.6. The molecule has 2 aliphatic heterocycles. The van der Waals surface area contributed by atoms with Gasteiger partial charge >= 0.3 is 0 Å². The second-order valence-electron chi connectivity index (χ2n) is 8.89. The van der Waals surface area contributed by atoms with Crippen molar-refractivity contribution in [3.05, 3.63) is 88.6 Å². The molecule has 9 heteroatoms. The first-order valence-electron chi connectivity index (χ1n) is 12.0. The van der Waals surface area contributed by atoms with Gasteiger partial charge < -0.3 is 14.4 Å². The molecule has 0 spiro atoms. The molecule has 1 unspecified atom stereocenters. The Labute approximate surface area is 230 Å². The third kappa shape index (κ3) is 5.01. The van der Waals surface area contributed by atoms with E-state index >= 15 is 0 Å². The zero-order chi connectivity index (χ0) is 26.8. The molecular formula is C29H26ClN3O4S. The molecule has 0 N–H and O–H groups in total. The van der Waals surface area contributed by atoms with Crippen molar-refractivity contribution in [1.29, 1.82) is 0 Å². The van der Waals surface area contributed by atoms with Crippen molar-refractivity contribution < 1.29 is 19.1 Å². The van der Waals surface area contributed by atoms with Gasteiger partial charge in [-0.15, -0.1) is 0 Å². The number of amidine groups is 1. The summed E-state index contributed by atoms with van der Waals surface area (Å²) >= 11 is 7.46. The molecule has 194 valence electrons. The van der Waals surface area contributed by atoms with E-state index < -0.39 is 0 Å². The number of hydrogen-bond donors (Lipinski definition) is 0. The van der Waals surface area contributed by atoms with Crippen molar-refractivity contribution >= 4 is 57.8 Å². The number of nitrogens with zero attached hydrogens (tertiary/aromatic N) is 3. The van der Waals surface area contributed by atoms with E-state index in [1.807, 2.05) is 54.3 Å². The minimum atomic E-state index is -0.306. The van der Waals surface area contributed by atoms with Crippen LogP contribution in [0.1, 0.15) is 18.1 Å². The molecule has 0 fully saturated rings. The monoisotopic (exact) mass is 547 g/mol. The van der Waals surface area contributed by atoms with E-state index in [2.05, 4.69) is 11.1 Å². The Kier molecular flexibility index (Phi) is 7.44. The average Bonchev–Trinajstić information content (AvgIpc) is 3.43. The summed E-state index contributed by atoms with van der Waals surface area (Å²) in [4.78, 5) is 34.9. The number of carbonyl (C=O) groups excluding carboxylic acids is 2. The number of benzene rings is 3. The van der Waals surface area contributed by atoms with Crippen molar-refractivity contribution in [2.75, 3.05) is 29.8 Å². The van der Waals surface area contributed by atoms with Crippen molar-refractivity contribution in [2.24, 2.45) is 4.99 Å². The van der Waals surface area contributed by atoms with Gasteiger partial charge in [0.15, 0.2) is 5.17 Å². The lowest BCUT2D eigenvalue weighted by atomic mass is 10.1. The predicted octanol–water partition coefficient (Wildman–Crippen LogP) is 5.81. The SMILES string of the molecule is COc1ccc(/C=C2\N=C(SCC(=O)N3c4ccccc4CC3C)N(c3ccc(Cl)c(OC)c3)C2=O)cc1. The minimum Gasteiger partial charge on any atom is -0.497 e. The fourth-order valence-electron chi connectivity index (χ4n) is 4.61. The van der Waals surface area contributed by atoms with E-state index in [9.17, 15) is 9.59 Å². The summed E-state index contributed by atoms with van der Waals surface area (Å²) in [5.41, 5.74) is 3.71. The van der Waals surface area contributed by atoms with Gasteiger partial charge in [0.25, 0.3) is 5.91 Å². The van der Waals surface area contributed by atoms with Crippen LogP contribution in [0.3, 0.4) is 0 Å². The van der Waals surface area contributed by atoms with Crippen molar-refractivity contribution in [3.8, 4) is 11.5 Å². The van der Waals surface area contributed by atoms with Gasteiger partial charge in [0, 0.05) is 17.8 Å². The number of rotatable bonds is 6. The number of halogens is 1. The number of hydrogen-bond acceptors (Lipinski definition) is 6. The number of anilines is 2. The van der Waals surface area contributed by atoms with E-state index in [-0.39, 0.29) is 29.3 Å².